The fourth-order valence-corrected chi connectivity index (χ4v) is 3.11. The van der Waals surface area contributed by atoms with Crippen LogP contribution in [-0.2, 0) is 0 Å². The molecule has 124 valence electrons. The highest BCUT2D eigenvalue weighted by molar-refractivity contribution is 9.10. The molecule has 0 atom stereocenters. The van der Waals surface area contributed by atoms with Crippen LogP contribution in [0.1, 0.15) is 27.1 Å². The minimum atomic E-state index is -0.234. The minimum absolute atomic E-state index is 0.234. The smallest absolute Gasteiger partial charge is 0.261 e. The van der Waals surface area contributed by atoms with Crippen LogP contribution in [-0.4, -0.2) is 37.0 Å². The topological polar surface area (TPSA) is 55.8 Å². The first kappa shape index (κ1) is 16.5. The Morgan fingerprint density at radius 2 is 1.71 bits per heavy atom. The Morgan fingerprint density at radius 3 is 2.29 bits per heavy atom. The quantitative estimate of drug-likeness (QED) is 0.560. The predicted octanol–water partition coefficient (Wildman–Crippen LogP) is 3.52. The number of hydrogen-bond acceptors (Lipinski definition) is 4. The number of methoxy groups -OCH3 is 1. The maximum absolute atomic E-state index is 12.2. The van der Waals surface area contributed by atoms with Gasteiger partial charge in [-0.2, -0.15) is 0 Å². The van der Waals surface area contributed by atoms with Gasteiger partial charge in [-0.15, -0.1) is 0 Å². The molecule has 3 rings (SSSR count). The van der Waals surface area contributed by atoms with Crippen LogP contribution in [0.4, 0.5) is 0 Å². The normalized spacial score (nSPS) is 13.2. The first-order valence-electron chi connectivity index (χ1n) is 7.53. The molecule has 6 heteroatoms. The second kappa shape index (κ2) is 7.05. The second-order valence-electron chi connectivity index (χ2n) is 5.31. The average Bonchev–Trinajstić information content (AvgIpc) is 2.84. The maximum Gasteiger partial charge on any atom is 0.261 e. The van der Waals surface area contributed by atoms with Crippen LogP contribution in [0.3, 0.4) is 0 Å². The monoisotopic (exact) mass is 389 g/mol. The minimum Gasteiger partial charge on any atom is -0.496 e. The molecule has 2 aromatic carbocycles. The van der Waals surface area contributed by atoms with E-state index < -0.39 is 0 Å². The van der Waals surface area contributed by atoms with Crippen LogP contribution < -0.4 is 9.47 Å². The molecular formula is C18H16BrNO4. The van der Waals surface area contributed by atoms with Crippen LogP contribution in [0, 0.1) is 0 Å². The standard InChI is InChI=1S/C18H16BrNO4/c1-23-16-8-7-12(11-15(16)19)24-10-4-9-20-17(21)13-5-2-3-6-14(13)18(20)22/h2-3,5-8,11H,4,9-10H2,1H3. The van der Waals surface area contributed by atoms with Gasteiger partial charge >= 0.3 is 0 Å². The summed E-state index contributed by atoms with van der Waals surface area (Å²) >= 11 is 3.40. The number of benzene rings is 2. The van der Waals surface area contributed by atoms with Gasteiger partial charge in [0.15, 0.2) is 0 Å². The number of amides is 2. The van der Waals surface area contributed by atoms with Crippen molar-refractivity contribution in [1.29, 1.82) is 0 Å². The first-order valence-corrected chi connectivity index (χ1v) is 8.32. The van der Waals surface area contributed by atoms with Crippen molar-refractivity contribution in [2.75, 3.05) is 20.3 Å². The molecule has 0 spiro atoms. The lowest BCUT2D eigenvalue weighted by Crippen LogP contribution is -2.31. The van der Waals surface area contributed by atoms with E-state index in [1.54, 1.807) is 31.4 Å². The molecule has 1 heterocycles. The summed E-state index contributed by atoms with van der Waals surface area (Å²) in [5.74, 6) is 0.962. The molecule has 0 N–H and O–H groups in total. The Hall–Kier alpha value is -2.34. The highest BCUT2D eigenvalue weighted by Crippen LogP contribution is 2.29. The molecule has 1 aliphatic rings. The zero-order chi connectivity index (χ0) is 17.1. The van der Waals surface area contributed by atoms with Gasteiger partial charge in [0.25, 0.3) is 11.8 Å². The van der Waals surface area contributed by atoms with Gasteiger partial charge in [-0.3, -0.25) is 14.5 Å². The molecule has 1 aliphatic heterocycles. The van der Waals surface area contributed by atoms with Crippen molar-refractivity contribution in [1.82, 2.24) is 4.90 Å². The van der Waals surface area contributed by atoms with Crippen molar-refractivity contribution >= 4 is 27.7 Å². The van der Waals surface area contributed by atoms with E-state index in [9.17, 15) is 9.59 Å². The molecule has 24 heavy (non-hydrogen) atoms. The number of nitrogens with zero attached hydrogens (tertiary/aromatic N) is 1. The Morgan fingerprint density at radius 1 is 1.04 bits per heavy atom. The lowest BCUT2D eigenvalue weighted by atomic mass is 10.1. The van der Waals surface area contributed by atoms with Gasteiger partial charge in [-0.05, 0) is 52.7 Å². The van der Waals surface area contributed by atoms with Crippen LogP contribution in [0.15, 0.2) is 46.9 Å². The van der Waals surface area contributed by atoms with Gasteiger partial charge < -0.3 is 9.47 Å². The molecular weight excluding hydrogens is 374 g/mol. The zero-order valence-corrected chi connectivity index (χ0v) is 14.7. The molecule has 0 bridgehead atoms. The highest BCUT2D eigenvalue weighted by atomic mass is 79.9. The molecule has 0 aliphatic carbocycles. The van der Waals surface area contributed by atoms with E-state index in [2.05, 4.69) is 15.9 Å². The molecule has 2 aromatic rings. The third kappa shape index (κ3) is 3.14. The van der Waals surface area contributed by atoms with Crippen LogP contribution in [0.2, 0.25) is 0 Å². The van der Waals surface area contributed by atoms with Crippen LogP contribution >= 0.6 is 15.9 Å². The fourth-order valence-electron chi connectivity index (χ4n) is 2.59. The van der Waals surface area contributed by atoms with E-state index in [1.807, 2.05) is 18.2 Å². The lowest BCUT2D eigenvalue weighted by molar-refractivity contribution is 0.0647. The van der Waals surface area contributed by atoms with Gasteiger partial charge in [0.1, 0.15) is 11.5 Å². The van der Waals surface area contributed by atoms with E-state index >= 15 is 0 Å². The summed E-state index contributed by atoms with van der Waals surface area (Å²) in [6.45, 7) is 0.746. The van der Waals surface area contributed by atoms with Crippen molar-refractivity contribution < 1.29 is 19.1 Å². The van der Waals surface area contributed by atoms with Crippen LogP contribution in [0.25, 0.3) is 0 Å². The number of hydrogen-bond donors (Lipinski definition) is 0. The largest absolute Gasteiger partial charge is 0.496 e. The highest BCUT2D eigenvalue weighted by Gasteiger charge is 2.34. The molecule has 2 amide bonds. The second-order valence-corrected chi connectivity index (χ2v) is 6.16. The molecule has 0 unspecified atom stereocenters. The van der Waals surface area contributed by atoms with E-state index in [0.717, 1.165) is 10.2 Å². The van der Waals surface area contributed by atoms with Crippen molar-refractivity contribution in [3.05, 3.63) is 58.1 Å². The summed E-state index contributed by atoms with van der Waals surface area (Å²) in [6.07, 6.45) is 0.565. The Labute approximate surface area is 148 Å². The third-order valence-corrected chi connectivity index (χ3v) is 4.42. The Kier molecular flexibility index (Phi) is 4.85. The molecule has 5 nitrogen and oxygen atoms in total. The van der Waals surface area contributed by atoms with Gasteiger partial charge in [-0.1, -0.05) is 12.1 Å². The van der Waals surface area contributed by atoms with Gasteiger partial charge in [0.2, 0.25) is 0 Å². The lowest BCUT2D eigenvalue weighted by Gasteiger charge is -2.14. The molecule has 0 saturated heterocycles. The third-order valence-electron chi connectivity index (χ3n) is 3.80. The maximum atomic E-state index is 12.2. The number of rotatable bonds is 6. The number of halogens is 1. The number of carbonyl (C=O) groups is 2. The van der Waals surface area contributed by atoms with E-state index in [0.29, 0.717) is 36.4 Å². The van der Waals surface area contributed by atoms with E-state index in [4.69, 9.17) is 9.47 Å². The van der Waals surface area contributed by atoms with Crippen LogP contribution in [0.5, 0.6) is 11.5 Å². The summed E-state index contributed by atoms with van der Waals surface area (Å²) in [5, 5.41) is 0. The molecule has 0 saturated carbocycles. The Bertz CT molecular complexity index is 755. The number of fused-ring (bicyclic) bond motifs is 1. The molecule has 0 fully saturated rings. The SMILES string of the molecule is COc1ccc(OCCCN2C(=O)c3ccccc3C2=O)cc1Br. The van der Waals surface area contributed by atoms with E-state index in [1.165, 1.54) is 4.90 Å². The number of ether oxygens (including phenoxy) is 2. The molecule has 0 aromatic heterocycles. The van der Waals surface area contributed by atoms with Crippen molar-refractivity contribution in [3.63, 3.8) is 0 Å². The first-order chi connectivity index (χ1) is 11.6. The van der Waals surface area contributed by atoms with Crippen molar-refractivity contribution in [2.45, 2.75) is 6.42 Å². The van der Waals surface area contributed by atoms with E-state index in [-0.39, 0.29) is 11.8 Å². The Balaban J connectivity index is 1.54. The summed E-state index contributed by atoms with van der Waals surface area (Å²) in [7, 11) is 1.60. The van der Waals surface area contributed by atoms with Crippen molar-refractivity contribution in [3.8, 4) is 11.5 Å². The predicted molar refractivity (Wildman–Crippen MR) is 92.6 cm³/mol. The zero-order valence-electron chi connectivity index (χ0n) is 13.1. The summed E-state index contributed by atoms with van der Waals surface area (Å²) < 4.78 is 11.6. The molecule has 0 radical (unpaired) electrons. The summed E-state index contributed by atoms with van der Waals surface area (Å²) in [5.41, 5.74) is 0.949. The summed E-state index contributed by atoms with van der Waals surface area (Å²) in [6, 6.07) is 12.3. The van der Waals surface area contributed by atoms with Gasteiger partial charge in [0.05, 0.1) is 29.3 Å². The fraction of sp³-hybridized carbons (Fsp3) is 0.222. The van der Waals surface area contributed by atoms with Gasteiger partial charge in [0, 0.05) is 6.54 Å². The number of carbonyl (C=O) groups excluding carboxylic acids is 2. The van der Waals surface area contributed by atoms with Crippen molar-refractivity contribution in [2.24, 2.45) is 0 Å². The van der Waals surface area contributed by atoms with Gasteiger partial charge in [-0.25, -0.2) is 0 Å². The summed E-state index contributed by atoms with van der Waals surface area (Å²) in [4.78, 5) is 25.7. The average molecular weight is 390 g/mol. The number of imide groups is 1.